The predicted octanol–water partition coefficient (Wildman–Crippen LogP) is 4.98. The summed E-state index contributed by atoms with van der Waals surface area (Å²) in [7, 11) is 0. The number of allylic oxidation sites excluding steroid dienone is 2. The lowest BCUT2D eigenvalue weighted by Gasteiger charge is -2.30. The van der Waals surface area contributed by atoms with Gasteiger partial charge in [-0.3, -0.25) is 14.2 Å². The van der Waals surface area contributed by atoms with Crippen LogP contribution in [0.3, 0.4) is 0 Å². The van der Waals surface area contributed by atoms with Crippen molar-refractivity contribution in [2.75, 3.05) is 19.7 Å². The number of amides is 1. The van der Waals surface area contributed by atoms with Crippen molar-refractivity contribution in [2.24, 2.45) is 0 Å². The summed E-state index contributed by atoms with van der Waals surface area (Å²) in [5.41, 5.74) is 1.50. The number of aromatic nitrogens is 3. The molecule has 0 saturated carbocycles. The van der Waals surface area contributed by atoms with Crippen molar-refractivity contribution < 1.29 is 22.7 Å². The molecule has 0 fully saturated rings. The van der Waals surface area contributed by atoms with Crippen LogP contribution in [-0.4, -0.2) is 57.1 Å². The number of pyridine rings is 2. The molecule has 3 aromatic heterocycles. The van der Waals surface area contributed by atoms with Gasteiger partial charge in [0.2, 0.25) is 0 Å². The minimum absolute atomic E-state index is 0.110. The number of nitrogens with one attached hydrogen (secondary N) is 1. The fraction of sp³-hybridized carbons (Fsp3) is 0.346. The second-order valence-electron chi connectivity index (χ2n) is 8.30. The first-order valence-corrected chi connectivity index (χ1v) is 11.9. The highest BCUT2D eigenvalue weighted by atomic mass is 19.4. The van der Waals surface area contributed by atoms with E-state index in [1.807, 2.05) is 54.8 Å². The van der Waals surface area contributed by atoms with Gasteiger partial charge in [0, 0.05) is 31.1 Å². The molecule has 4 heterocycles. The van der Waals surface area contributed by atoms with E-state index in [1.54, 1.807) is 23.2 Å². The number of carbonyl (C=O) groups is 1. The van der Waals surface area contributed by atoms with Crippen LogP contribution in [-0.2, 0) is 4.74 Å². The summed E-state index contributed by atoms with van der Waals surface area (Å²) in [5, 5.41) is 2.71. The van der Waals surface area contributed by atoms with Gasteiger partial charge in [-0.05, 0) is 50.1 Å². The average Bonchev–Trinajstić information content (AvgIpc) is 3.09. The Morgan fingerprint density at radius 1 is 1.19 bits per heavy atom. The fourth-order valence-corrected chi connectivity index (χ4v) is 4.17. The zero-order valence-corrected chi connectivity index (χ0v) is 20.1. The van der Waals surface area contributed by atoms with Crippen molar-refractivity contribution in [3.05, 3.63) is 78.1 Å². The van der Waals surface area contributed by atoms with Gasteiger partial charge in [0.15, 0.2) is 11.6 Å². The lowest BCUT2D eigenvalue weighted by molar-refractivity contribution is -0.0930. The maximum Gasteiger partial charge on any atom is 0.414 e. The molecule has 10 heteroatoms. The third-order valence-electron chi connectivity index (χ3n) is 6.07. The molecule has 0 unspecified atom stereocenters. The van der Waals surface area contributed by atoms with Crippen LogP contribution < -0.4 is 5.32 Å². The number of imidazole rings is 1. The number of rotatable bonds is 8. The van der Waals surface area contributed by atoms with Gasteiger partial charge < -0.3 is 15.0 Å². The molecular weight excluding hydrogens is 471 g/mol. The number of hydrogen-bond donors (Lipinski definition) is 1. The first-order valence-electron chi connectivity index (χ1n) is 11.9. The summed E-state index contributed by atoms with van der Waals surface area (Å²) in [4.78, 5) is 24.5. The number of ether oxygens (including phenoxy) is 1. The van der Waals surface area contributed by atoms with Crippen LogP contribution in [0.25, 0.3) is 17.0 Å². The maximum absolute atomic E-state index is 13.8. The molecule has 0 radical (unpaired) electrons. The van der Waals surface area contributed by atoms with Crippen LogP contribution in [0.4, 0.5) is 13.2 Å². The number of halogens is 3. The average molecular weight is 500 g/mol. The largest absolute Gasteiger partial charge is 0.477 e. The van der Waals surface area contributed by atoms with Gasteiger partial charge in [-0.15, -0.1) is 0 Å². The monoisotopic (exact) mass is 499 g/mol. The van der Waals surface area contributed by atoms with Crippen molar-refractivity contribution in [3.63, 3.8) is 0 Å². The quantitative estimate of drug-likeness (QED) is 0.443. The smallest absolute Gasteiger partial charge is 0.414 e. The van der Waals surface area contributed by atoms with Gasteiger partial charge in [0.25, 0.3) is 5.91 Å². The highest BCUT2D eigenvalue weighted by Crippen LogP contribution is 2.28. The van der Waals surface area contributed by atoms with Crippen LogP contribution in [0.5, 0.6) is 0 Å². The first kappa shape index (κ1) is 25.3. The van der Waals surface area contributed by atoms with Crippen LogP contribution in [0.15, 0.2) is 72.4 Å². The number of alkyl halides is 3. The van der Waals surface area contributed by atoms with Crippen LogP contribution in [0.2, 0.25) is 0 Å². The van der Waals surface area contributed by atoms with E-state index in [9.17, 15) is 18.0 Å². The Morgan fingerprint density at radius 2 is 2.00 bits per heavy atom. The molecule has 0 aromatic carbocycles. The van der Waals surface area contributed by atoms with Gasteiger partial charge in [-0.1, -0.05) is 25.1 Å². The Kier molecular flexibility index (Phi) is 7.61. The molecule has 1 N–H and O–H groups in total. The van der Waals surface area contributed by atoms with Crippen LogP contribution in [0.1, 0.15) is 37.2 Å². The Morgan fingerprint density at radius 3 is 2.69 bits per heavy atom. The summed E-state index contributed by atoms with van der Waals surface area (Å²) in [6.45, 7) is 3.98. The molecule has 36 heavy (non-hydrogen) atoms. The van der Waals surface area contributed by atoms with E-state index < -0.39 is 11.7 Å². The van der Waals surface area contributed by atoms with Crippen molar-refractivity contribution in [2.45, 2.75) is 38.9 Å². The number of likely N-dealkylation sites (N-methyl/N-ethyl adjacent to an activating group) is 1. The Bertz CT molecular complexity index is 1270. The standard InChI is InChI=1S/C26H28F3N5O2/c1-3-19(17-36-22-13-9-10-18(16-31-22)26(27,28)29)33(4-2)25(35)23-24(20-11-5-7-14-30-20)34-15-8-6-12-21(34)32-23/h5-8,10-15,19,31H,3-4,9,16-17H2,1-2H3/t19-/m0/s1. The second-order valence-corrected chi connectivity index (χ2v) is 8.30. The molecule has 1 aliphatic rings. The van der Waals surface area contributed by atoms with Crippen molar-refractivity contribution in [3.8, 4) is 11.4 Å². The van der Waals surface area contributed by atoms with E-state index in [0.29, 0.717) is 30.0 Å². The normalized spacial score (nSPS) is 14.9. The molecule has 1 amide bonds. The predicted molar refractivity (Wildman–Crippen MR) is 130 cm³/mol. The first-order chi connectivity index (χ1) is 17.3. The maximum atomic E-state index is 13.8. The molecule has 1 atom stereocenters. The highest BCUT2D eigenvalue weighted by molar-refractivity contribution is 5.99. The van der Waals surface area contributed by atoms with Gasteiger partial charge in [-0.25, -0.2) is 4.98 Å². The van der Waals surface area contributed by atoms with Gasteiger partial charge in [-0.2, -0.15) is 13.2 Å². The molecule has 7 nitrogen and oxygen atoms in total. The van der Waals surface area contributed by atoms with Crippen LogP contribution >= 0.6 is 0 Å². The molecule has 0 bridgehead atoms. The topological polar surface area (TPSA) is 71.8 Å². The molecular formula is C26H28F3N5O2. The number of nitrogens with zero attached hydrogens (tertiary/aromatic N) is 4. The van der Waals surface area contributed by atoms with E-state index in [-0.39, 0.29) is 43.1 Å². The SMILES string of the molecule is CC[C@@H](COC1=CCC=C(C(F)(F)F)CN1)N(CC)C(=O)c1nc2ccccn2c1-c1ccccn1. The van der Waals surface area contributed by atoms with Crippen LogP contribution in [0, 0.1) is 0 Å². The molecule has 0 saturated heterocycles. The molecule has 3 aromatic rings. The van der Waals surface area contributed by atoms with Gasteiger partial charge in [0.1, 0.15) is 17.9 Å². The second kappa shape index (κ2) is 10.8. The number of hydrogen-bond acceptors (Lipinski definition) is 5. The van der Waals surface area contributed by atoms with Gasteiger partial charge >= 0.3 is 6.18 Å². The van der Waals surface area contributed by atoms with Crippen molar-refractivity contribution >= 4 is 11.6 Å². The zero-order valence-electron chi connectivity index (χ0n) is 20.1. The highest BCUT2D eigenvalue weighted by Gasteiger charge is 2.34. The number of fused-ring (bicyclic) bond motifs is 1. The molecule has 0 spiro atoms. The summed E-state index contributed by atoms with van der Waals surface area (Å²) in [6.07, 6.45) is 2.54. The van der Waals surface area contributed by atoms with E-state index >= 15 is 0 Å². The Labute approximate surface area is 207 Å². The summed E-state index contributed by atoms with van der Waals surface area (Å²) < 4.78 is 46.7. The Hall–Kier alpha value is -3.82. The van der Waals surface area contributed by atoms with E-state index in [1.165, 1.54) is 0 Å². The third kappa shape index (κ3) is 5.37. The van der Waals surface area contributed by atoms with E-state index in [2.05, 4.69) is 15.3 Å². The van der Waals surface area contributed by atoms with Crippen molar-refractivity contribution in [1.82, 2.24) is 24.6 Å². The van der Waals surface area contributed by atoms with E-state index in [4.69, 9.17) is 4.74 Å². The summed E-state index contributed by atoms with van der Waals surface area (Å²) >= 11 is 0. The van der Waals surface area contributed by atoms with Gasteiger partial charge in [0.05, 0.1) is 11.7 Å². The lowest BCUT2D eigenvalue weighted by Crippen LogP contribution is -2.43. The third-order valence-corrected chi connectivity index (χ3v) is 6.07. The molecule has 1 aliphatic heterocycles. The minimum Gasteiger partial charge on any atom is -0.477 e. The summed E-state index contributed by atoms with van der Waals surface area (Å²) in [5.74, 6) is 0.00971. The van der Waals surface area contributed by atoms with E-state index in [0.717, 1.165) is 6.08 Å². The number of carbonyl (C=O) groups excluding carboxylic acids is 1. The molecule has 0 aliphatic carbocycles. The Balaban J connectivity index is 1.54. The molecule has 4 rings (SSSR count). The zero-order chi connectivity index (χ0) is 25.7. The minimum atomic E-state index is -4.38. The fourth-order valence-electron chi connectivity index (χ4n) is 4.17. The van der Waals surface area contributed by atoms with Crippen molar-refractivity contribution in [1.29, 1.82) is 0 Å². The summed E-state index contributed by atoms with van der Waals surface area (Å²) in [6, 6.07) is 10.7. The lowest BCUT2D eigenvalue weighted by atomic mass is 10.1. The molecule has 190 valence electrons.